The minimum absolute atomic E-state index is 0.0384. The molecule has 0 amide bonds. The molecule has 2 atom stereocenters. The summed E-state index contributed by atoms with van der Waals surface area (Å²) in [5, 5.41) is 13.2. The van der Waals surface area contributed by atoms with E-state index in [1.54, 1.807) is 0 Å². The number of nitrogen functional groups attached to an aromatic ring is 1. The molecule has 1 heterocycles. The van der Waals surface area contributed by atoms with Gasteiger partial charge in [0.2, 0.25) is 0 Å². The highest BCUT2D eigenvalue weighted by atomic mass is 16.6. The summed E-state index contributed by atoms with van der Waals surface area (Å²) in [6.07, 6.45) is 1.18. The Bertz CT molecular complexity index is 942. The third kappa shape index (κ3) is 11.4. The average molecular weight is 479 g/mol. The zero-order valence-electron chi connectivity index (χ0n) is 21.8. The number of anilines is 2. The molecule has 4 rings (SSSR count). The van der Waals surface area contributed by atoms with E-state index in [1.165, 1.54) is 5.56 Å². The normalized spacial score (nSPS) is 16.6. The van der Waals surface area contributed by atoms with Gasteiger partial charge in [0, 0.05) is 11.4 Å². The molecular weight excluding hydrogens is 436 g/mol. The predicted molar refractivity (Wildman–Crippen MR) is 146 cm³/mol. The Kier molecular flexibility index (Phi) is 11.3. The summed E-state index contributed by atoms with van der Waals surface area (Å²) in [4.78, 5) is 0. The molecule has 3 aromatic carbocycles. The minimum Gasteiger partial charge on any atom is -0.399 e. The van der Waals surface area contributed by atoms with Crippen molar-refractivity contribution in [1.29, 1.82) is 0 Å². The summed E-state index contributed by atoms with van der Waals surface area (Å²) < 4.78 is 11.0. The molecule has 0 bridgehead atoms. The van der Waals surface area contributed by atoms with E-state index in [-0.39, 0.29) is 17.7 Å². The van der Waals surface area contributed by atoms with Crippen molar-refractivity contribution < 1.29 is 14.6 Å². The van der Waals surface area contributed by atoms with Gasteiger partial charge in [-0.15, -0.1) is 0 Å². The van der Waals surface area contributed by atoms with Gasteiger partial charge in [-0.05, 0) is 63.9 Å². The second-order valence-electron chi connectivity index (χ2n) is 9.75. The third-order valence-corrected chi connectivity index (χ3v) is 5.72. The number of benzene rings is 3. The van der Waals surface area contributed by atoms with Crippen LogP contribution in [0.4, 0.5) is 11.4 Å². The molecule has 1 saturated heterocycles. The molecule has 5 nitrogen and oxygen atoms in total. The smallest absolute Gasteiger partial charge is 0.110 e. The lowest BCUT2D eigenvalue weighted by Gasteiger charge is -2.30. The van der Waals surface area contributed by atoms with Crippen LogP contribution in [0, 0.1) is 0 Å². The van der Waals surface area contributed by atoms with Crippen molar-refractivity contribution in [3.63, 3.8) is 0 Å². The maximum Gasteiger partial charge on any atom is 0.110 e. The molecule has 35 heavy (non-hydrogen) atoms. The Morgan fingerprint density at radius 3 is 1.83 bits per heavy atom. The monoisotopic (exact) mass is 478 g/mol. The fourth-order valence-corrected chi connectivity index (χ4v) is 3.39. The number of aliphatic hydroxyl groups is 1. The highest BCUT2D eigenvalue weighted by molar-refractivity contribution is 5.44. The van der Waals surface area contributed by atoms with Crippen LogP contribution in [0.2, 0.25) is 0 Å². The standard InChI is InChI=1S/C12H19NO.C12H16O2.C6H7N/c1-4-11(12(2,3)14)13-10-8-6-5-7-9-10;1-12(2)11(14-12)9-13-8-10-6-4-3-5-7-10;7-6-4-2-1-3-5-6/h5-9,11,13-14H,4H2,1-3H3;3-7,11H,8-9H2,1-2H3;1-5H,7H2. The van der Waals surface area contributed by atoms with Gasteiger partial charge in [-0.1, -0.05) is 73.7 Å². The number of nitrogens with two attached hydrogens (primary N) is 1. The lowest BCUT2D eigenvalue weighted by atomic mass is 9.96. The van der Waals surface area contributed by atoms with E-state index >= 15 is 0 Å². The summed E-state index contributed by atoms with van der Waals surface area (Å²) in [5.41, 5.74) is 7.80. The highest BCUT2D eigenvalue weighted by Gasteiger charge is 2.47. The van der Waals surface area contributed by atoms with Gasteiger partial charge in [-0.2, -0.15) is 0 Å². The molecule has 0 aromatic heterocycles. The number of rotatable bonds is 8. The SMILES string of the molecule is CC1(C)OC1COCc1ccccc1.CCC(Nc1ccccc1)C(C)(C)O.Nc1ccccc1. The largest absolute Gasteiger partial charge is 0.399 e. The maximum atomic E-state index is 9.88. The van der Waals surface area contributed by atoms with Crippen molar-refractivity contribution in [2.24, 2.45) is 0 Å². The molecular formula is C30H42N2O3. The van der Waals surface area contributed by atoms with Gasteiger partial charge in [0.15, 0.2) is 0 Å². The van der Waals surface area contributed by atoms with E-state index in [4.69, 9.17) is 15.2 Å². The van der Waals surface area contributed by atoms with Crippen molar-refractivity contribution >= 4 is 11.4 Å². The quantitative estimate of drug-likeness (QED) is 0.262. The van der Waals surface area contributed by atoms with Gasteiger partial charge in [-0.25, -0.2) is 0 Å². The topological polar surface area (TPSA) is 80.0 Å². The van der Waals surface area contributed by atoms with Crippen LogP contribution in [0.15, 0.2) is 91.0 Å². The number of hydrogen-bond acceptors (Lipinski definition) is 5. The van der Waals surface area contributed by atoms with Crippen molar-refractivity contribution in [3.8, 4) is 0 Å². The molecule has 0 radical (unpaired) electrons. The predicted octanol–water partition coefficient (Wildman–Crippen LogP) is 6.30. The van der Waals surface area contributed by atoms with Crippen LogP contribution in [0.5, 0.6) is 0 Å². The second-order valence-corrected chi connectivity index (χ2v) is 9.75. The molecule has 3 aromatic rings. The van der Waals surface area contributed by atoms with Crippen molar-refractivity contribution in [2.75, 3.05) is 17.7 Å². The lowest BCUT2D eigenvalue weighted by Crippen LogP contribution is -2.41. The molecule has 1 aliphatic rings. The second kappa shape index (κ2) is 13.9. The van der Waals surface area contributed by atoms with E-state index in [2.05, 4.69) is 38.2 Å². The Labute approximate surface area is 211 Å². The van der Waals surface area contributed by atoms with Crippen molar-refractivity contribution in [2.45, 2.75) is 71.0 Å². The van der Waals surface area contributed by atoms with Crippen molar-refractivity contribution in [3.05, 3.63) is 96.6 Å². The van der Waals surface area contributed by atoms with Gasteiger partial charge in [-0.3, -0.25) is 0 Å². The van der Waals surface area contributed by atoms with Crippen LogP contribution in [-0.4, -0.2) is 35.1 Å². The van der Waals surface area contributed by atoms with Gasteiger partial charge in [0.25, 0.3) is 0 Å². The van der Waals surface area contributed by atoms with Crippen LogP contribution in [0.25, 0.3) is 0 Å². The van der Waals surface area contributed by atoms with E-state index in [9.17, 15) is 5.11 Å². The Hall–Kier alpha value is -2.86. The molecule has 1 fully saturated rings. The van der Waals surface area contributed by atoms with Crippen LogP contribution in [0.3, 0.4) is 0 Å². The zero-order valence-corrected chi connectivity index (χ0v) is 21.8. The van der Waals surface area contributed by atoms with E-state index < -0.39 is 5.60 Å². The number of nitrogens with one attached hydrogen (secondary N) is 1. The van der Waals surface area contributed by atoms with Gasteiger partial charge in [0.05, 0.1) is 30.5 Å². The summed E-state index contributed by atoms with van der Waals surface area (Å²) in [7, 11) is 0. The summed E-state index contributed by atoms with van der Waals surface area (Å²) in [6, 6.07) is 29.7. The fourth-order valence-electron chi connectivity index (χ4n) is 3.39. The summed E-state index contributed by atoms with van der Waals surface area (Å²) in [5.74, 6) is 0. The number of ether oxygens (including phenoxy) is 2. The first-order valence-corrected chi connectivity index (χ1v) is 12.3. The van der Waals surface area contributed by atoms with Crippen LogP contribution in [0.1, 0.15) is 46.6 Å². The molecule has 0 spiro atoms. The lowest BCUT2D eigenvalue weighted by molar-refractivity contribution is 0.0579. The number of para-hydroxylation sites is 2. The molecule has 190 valence electrons. The Morgan fingerprint density at radius 1 is 0.943 bits per heavy atom. The maximum absolute atomic E-state index is 9.88. The van der Waals surface area contributed by atoms with Crippen molar-refractivity contribution in [1.82, 2.24) is 0 Å². The Balaban J connectivity index is 0.000000196. The van der Waals surface area contributed by atoms with E-state index in [0.29, 0.717) is 13.2 Å². The number of hydrogen-bond donors (Lipinski definition) is 3. The Morgan fingerprint density at radius 2 is 1.43 bits per heavy atom. The van der Waals surface area contributed by atoms with Crippen LogP contribution in [-0.2, 0) is 16.1 Å². The first kappa shape index (κ1) is 28.4. The molecule has 2 unspecified atom stereocenters. The molecule has 1 aliphatic heterocycles. The van der Waals surface area contributed by atoms with Gasteiger partial charge >= 0.3 is 0 Å². The fraction of sp³-hybridized carbons (Fsp3) is 0.400. The van der Waals surface area contributed by atoms with Crippen LogP contribution < -0.4 is 11.1 Å². The summed E-state index contributed by atoms with van der Waals surface area (Å²) >= 11 is 0. The highest BCUT2D eigenvalue weighted by Crippen LogP contribution is 2.35. The molecule has 0 saturated carbocycles. The van der Waals surface area contributed by atoms with Crippen LogP contribution >= 0.6 is 0 Å². The first-order chi connectivity index (χ1) is 16.6. The van der Waals surface area contributed by atoms with E-state index in [1.807, 2.05) is 92.7 Å². The number of epoxide rings is 1. The minimum atomic E-state index is -0.690. The molecule has 0 aliphatic carbocycles. The molecule has 5 heteroatoms. The van der Waals surface area contributed by atoms with Gasteiger partial charge in [0.1, 0.15) is 6.10 Å². The summed E-state index contributed by atoms with van der Waals surface area (Å²) in [6.45, 7) is 11.3. The zero-order chi connectivity index (χ0) is 25.7. The van der Waals surface area contributed by atoms with E-state index in [0.717, 1.165) is 17.8 Å². The van der Waals surface area contributed by atoms with Gasteiger partial charge < -0.3 is 25.6 Å². The first-order valence-electron chi connectivity index (χ1n) is 12.3. The third-order valence-electron chi connectivity index (χ3n) is 5.72. The molecule has 4 N–H and O–H groups in total. The average Bonchev–Trinajstić information content (AvgIpc) is 3.45.